The van der Waals surface area contributed by atoms with Crippen LogP contribution in [0.4, 0.5) is 0 Å². The second kappa shape index (κ2) is 67.8. The minimum Gasteiger partial charge on any atom is -0.756 e. The SMILES string of the molecule is CCCCC/C=C\C/C=C\C/C=C\C/C=C\CCCCCCCCCCCC(=O)NC(COP(=O)([O-])OCC[N+](C)(C)C)C(/C=C/CCCCCCCCCCC)OC(=O)CCCCCCCCCCCCCCCC/C=C\C/C=C\C/C=C\CCCCC. The molecule has 0 fully saturated rings. The van der Waals surface area contributed by atoms with Gasteiger partial charge in [0.25, 0.3) is 7.82 Å². The molecular weight excluding hydrogens is 1120 g/mol. The zero-order valence-corrected chi connectivity index (χ0v) is 60.0. The Morgan fingerprint density at radius 2 is 0.685 bits per heavy atom. The summed E-state index contributed by atoms with van der Waals surface area (Å²) in [6.45, 7) is 6.81. The fourth-order valence-electron chi connectivity index (χ4n) is 10.7. The number of allylic oxidation sites excluding steroid dienone is 15. The van der Waals surface area contributed by atoms with E-state index in [1.165, 1.54) is 205 Å². The molecule has 0 aliphatic carbocycles. The van der Waals surface area contributed by atoms with Crippen LogP contribution in [0.25, 0.3) is 0 Å². The summed E-state index contributed by atoms with van der Waals surface area (Å²) in [5, 5.41) is 3.04. The Labute approximate surface area is 551 Å². The number of nitrogens with one attached hydrogen (secondary N) is 1. The molecule has 3 unspecified atom stereocenters. The van der Waals surface area contributed by atoms with Crippen molar-refractivity contribution in [3.63, 3.8) is 0 Å². The Kier molecular flexibility index (Phi) is 65.5. The van der Waals surface area contributed by atoms with Crippen LogP contribution in [0.2, 0.25) is 0 Å². The van der Waals surface area contributed by atoms with Gasteiger partial charge in [0.05, 0.1) is 33.8 Å². The lowest BCUT2D eigenvalue weighted by Crippen LogP contribution is -2.47. The highest BCUT2D eigenvalue weighted by Gasteiger charge is 2.27. The Hall–Kier alpha value is -3.07. The third kappa shape index (κ3) is 69.1. The molecule has 3 atom stereocenters. The van der Waals surface area contributed by atoms with E-state index in [0.29, 0.717) is 17.4 Å². The molecule has 0 aliphatic rings. The summed E-state index contributed by atoms with van der Waals surface area (Å²) in [4.78, 5) is 40.2. The molecule has 10 heteroatoms. The maximum atomic E-state index is 13.6. The van der Waals surface area contributed by atoms with Crippen molar-refractivity contribution < 1.29 is 37.3 Å². The molecule has 0 aromatic rings. The number of rotatable bonds is 68. The quantitative estimate of drug-likeness (QED) is 0.0212. The molecule has 0 heterocycles. The predicted octanol–water partition coefficient (Wildman–Crippen LogP) is 23.6. The van der Waals surface area contributed by atoms with Crippen LogP contribution in [0.5, 0.6) is 0 Å². The first-order valence-corrected chi connectivity index (χ1v) is 39.0. The molecule has 0 bridgehead atoms. The number of quaternary nitrogens is 1. The monoisotopic (exact) mass is 1260 g/mol. The fourth-order valence-corrected chi connectivity index (χ4v) is 11.4. The van der Waals surface area contributed by atoms with Gasteiger partial charge in [-0.1, -0.05) is 311 Å². The summed E-state index contributed by atoms with van der Waals surface area (Å²) in [5.41, 5.74) is 0. The van der Waals surface area contributed by atoms with Crippen LogP contribution in [0.15, 0.2) is 97.2 Å². The number of carbonyl (C=O) groups is 2. The minimum atomic E-state index is -4.71. The molecule has 0 aromatic heterocycles. The second-order valence-electron chi connectivity index (χ2n) is 26.4. The number of unbranched alkanes of at least 4 members (excludes halogenated alkanes) is 38. The molecule has 0 rings (SSSR count). The number of ether oxygens (including phenoxy) is 1. The van der Waals surface area contributed by atoms with Crippen LogP contribution >= 0.6 is 7.82 Å². The molecule has 0 radical (unpaired) electrons. The summed E-state index contributed by atoms with van der Waals surface area (Å²) in [5.74, 6) is -0.543. The van der Waals surface area contributed by atoms with Gasteiger partial charge in [0.15, 0.2) is 0 Å². The first kappa shape index (κ1) is 85.9. The van der Waals surface area contributed by atoms with Gasteiger partial charge in [-0.25, -0.2) is 0 Å². The smallest absolute Gasteiger partial charge is 0.306 e. The highest BCUT2D eigenvalue weighted by Crippen LogP contribution is 2.38. The summed E-state index contributed by atoms with van der Waals surface area (Å²) >= 11 is 0. The number of hydrogen-bond donors (Lipinski definition) is 1. The van der Waals surface area contributed by atoms with Gasteiger partial charge in [-0.3, -0.25) is 14.2 Å². The molecule has 0 saturated heterocycles. The standard InChI is InChI=1S/C79H143N2O7P/c1-7-10-13-16-19-22-25-27-29-31-33-35-37-39-40-42-44-46-48-50-52-54-57-60-63-66-69-72-79(83)88-77(70-67-64-61-58-55-24-21-18-15-12-9-3)76(75-87-89(84,85)86-74-73-81(4,5)6)80-78(82)71-68-65-62-59-56-53-51-49-47-45-43-41-38-36-34-32-30-28-26-23-20-17-14-11-8-2/h19-20,22-23,27-30,33-36,41,43,67,70,76-77H,7-18,21,24-26,31-32,37-40,42,44-66,68-69,71-75H2,1-6H3,(H-,80,82,84,85)/b22-19-,23-20-,29-27-,30-28-,35-33-,36-34-,43-41-,70-67+. The molecular formula is C79H143N2O7P. The number of hydrogen-bond acceptors (Lipinski definition) is 7. The van der Waals surface area contributed by atoms with E-state index in [9.17, 15) is 19.0 Å². The summed E-state index contributed by atoms with van der Waals surface area (Å²) in [7, 11) is 1.18. The maximum Gasteiger partial charge on any atom is 0.306 e. The van der Waals surface area contributed by atoms with Crippen LogP contribution in [0.1, 0.15) is 342 Å². The lowest BCUT2D eigenvalue weighted by Gasteiger charge is -2.30. The zero-order chi connectivity index (χ0) is 64.9. The van der Waals surface area contributed by atoms with Crippen molar-refractivity contribution >= 4 is 19.7 Å². The highest BCUT2D eigenvalue weighted by atomic mass is 31.2. The van der Waals surface area contributed by atoms with Crippen molar-refractivity contribution in [2.24, 2.45) is 0 Å². The van der Waals surface area contributed by atoms with Crippen molar-refractivity contribution in [3.8, 4) is 0 Å². The van der Waals surface area contributed by atoms with Gasteiger partial charge < -0.3 is 28.5 Å². The summed E-state index contributed by atoms with van der Waals surface area (Å²) in [6.07, 6.45) is 92.5. The first-order valence-electron chi connectivity index (χ1n) is 37.5. The fraction of sp³-hybridized carbons (Fsp3) is 0.772. The van der Waals surface area contributed by atoms with Gasteiger partial charge in [0.2, 0.25) is 5.91 Å². The third-order valence-corrected chi connectivity index (χ3v) is 17.5. The van der Waals surface area contributed by atoms with E-state index in [1.807, 2.05) is 33.3 Å². The first-order chi connectivity index (χ1) is 43.4. The molecule has 516 valence electrons. The van der Waals surface area contributed by atoms with Crippen molar-refractivity contribution in [2.75, 3.05) is 40.9 Å². The normalized spacial score (nSPS) is 14.0. The van der Waals surface area contributed by atoms with Crippen LogP contribution in [-0.2, 0) is 27.9 Å². The number of phosphoric acid groups is 1. The van der Waals surface area contributed by atoms with Gasteiger partial charge in [-0.2, -0.15) is 0 Å². The number of carbonyl (C=O) groups excluding carboxylic acids is 2. The summed E-state index contributed by atoms with van der Waals surface area (Å²) in [6, 6.07) is -0.897. The Morgan fingerprint density at radius 1 is 0.393 bits per heavy atom. The largest absolute Gasteiger partial charge is 0.756 e. The topological polar surface area (TPSA) is 114 Å². The predicted molar refractivity (Wildman–Crippen MR) is 385 cm³/mol. The van der Waals surface area contributed by atoms with Gasteiger partial charge in [-0.15, -0.1) is 0 Å². The van der Waals surface area contributed by atoms with E-state index in [4.69, 9.17) is 13.8 Å². The number of likely N-dealkylation sites (N-methyl/N-ethyl adjacent to an activating group) is 1. The Morgan fingerprint density at radius 3 is 1.04 bits per heavy atom. The second-order valence-corrected chi connectivity index (χ2v) is 27.9. The van der Waals surface area contributed by atoms with E-state index in [2.05, 4.69) is 111 Å². The number of phosphoric ester groups is 1. The van der Waals surface area contributed by atoms with E-state index in [1.54, 1.807) is 0 Å². The average molecular weight is 1260 g/mol. The third-order valence-electron chi connectivity index (χ3n) is 16.5. The van der Waals surface area contributed by atoms with Gasteiger partial charge in [0, 0.05) is 12.8 Å². The molecule has 1 N–H and O–H groups in total. The molecule has 0 spiro atoms. The molecule has 0 aliphatic heterocycles. The Bertz CT molecular complexity index is 1840. The highest BCUT2D eigenvalue weighted by molar-refractivity contribution is 7.45. The van der Waals surface area contributed by atoms with Gasteiger partial charge in [-0.05, 0) is 115 Å². The van der Waals surface area contributed by atoms with Crippen molar-refractivity contribution in [1.82, 2.24) is 5.32 Å². The average Bonchev–Trinajstić information content (AvgIpc) is 3.62. The lowest BCUT2D eigenvalue weighted by atomic mass is 10.0. The van der Waals surface area contributed by atoms with Crippen molar-refractivity contribution in [1.29, 1.82) is 0 Å². The van der Waals surface area contributed by atoms with E-state index < -0.39 is 26.6 Å². The Balaban J connectivity index is 4.97. The van der Waals surface area contributed by atoms with Crippen LogP contribution in [-0.4, -0.2) is 69.4 Å². The molecule has 1 amide bonds. The van der Waals surface area contributed by atoms with Gasteiger partial charge in [0.1, 0.15) is 19.3 Å². The van der Waals surface area contributed by atoms with Crippen LogP contribution in [0.3, 0.4) is 0 Å². The van der Waals surface area contributed by atoms with E-state index in [-0.39, 0.29) is 24.9 Å². The molecule has 0 saturated carbocycles. The van der Waals surface area contributed by atoms with E-state index >= 15 is 0 Å². The van der Waals surface area contributed by atoms with E-state index in [0.717, 1.165) is 103 Å². The lowest BCUT2D eigenvalue weighted by molar-refractivity contribution is -0.870. The number of esters is 1. The zero-order valence-electron chi connectivity index (χ0n) is 59.1. The number of nitrogens with zero attached hydrogens (tertiary/aromatic N) is 1. The van der Waals surface area contributed by atoms with Gasteiger partial charge >= 0.3 is 5.97 Å². The van der Waals surface area contributed by atoms with Crippen LogP contribution in [0, 0.1) is 0 Å². The maximum absolute atomic E-state index is 13.6. The van der Waals surface area contributed by atoms with Crippen LogP contribution < -0.4 is 10.2 Å². The summed E-state index contributed by atoms with van der Waals surface area (Å²) < 4.78 is 30.5. The van der Waals surface area contributed by atoms with Crippen molar-refractivity contribution in [3.05, 3.63) is 97.2 Å². The number of amides is 1. The molecule has 0 aromatic carbocycles. The molecule has 9 nitrogen and oxygen atoms in total. The minimum absolute atomic E-state index is 0.0266. The van der Waals surface area contributed by atoms with Crippen molar-refractivity contribution in [2.45, 2.75) is 354 Å². The molecule has 89 heavy (non-hydrogen) atoms.